The third-order valence-corrected chi connectivity index (χ3v) is 4.50. The Morgan fingerprint density at radius 2 is 1.56 bits per heavy atom. The number of hydrogen-bond acceptors (Lipinski definition) is 2. The third kappa shape index (κ3) is 4.66. The van der Waals surface area contributed by atoms with Crippen LogP contribution in [0.1, 0.15) is 36.1 Å². The normalized spacial score (nSPS) is 11.2. The van der Waals surface area contributed by atoms with Crippen molar-refractivity contribution in [2.45, 2.75) is 40.4 Å². The first-order chi connectivity index (χ1) is 8.58. The molecule has 0 atom stereocenters. The summed E-state index contributed by atoms with van der Waals surface area (Å²) in [6.45, 7) is 14.7. The number of rotatable bonds is 7. The van der Waals surface area contributed by atoms with Gasteiger partial charge in [-0.05, 0) is 50.6 Å². The van der Waals surface area contributed by atoms with Gasteiger partial charge in [-0.3, -0.25) is 0 Å². The van der Waals surface area contributed by atoms with Gasteiger partial charge in [-0.25, -0.2) is 0 Å². The van der Waals surface area contributed by atoms with E-state index in [0.29, 0.717) is 0 Å². The van der Waals surface area contributed by atoms with Gasteiger partial charge in [-0.15, -0.1) is 0 Å². The molecule has 0 aliphatic rings. The lowest BCUT2D eigenvalue weighted by Gasteiger charge is -2.18. The van der Waals surface area contributed by atoms with E-state index in [1.807, 2.05) is 0 Å². The summed E-state index contributed by atoms with van der Waals surface area (Å²) in [6, 6.07) is 4.60. The van der Waals surface area contributed by atoms with Crippen LogP contribution >= 0.6 is 11.8 Å². The van der Waals surface area contributed by atoms with Gasteiger partial charge in [0.1, 0.15) is 0 Å². The van der Waals surface area contributed by atoms with E-state index in [1.165, 1.54) is 47.6 Å². The molecule has 2 heteroatoms. The molecule has 102 valence electrons. The van der Waals surface area contributed by atoms with Gasteiger partial charge in [0.2, 0.25) is 0 Å². The Labute approximate surface area is 117 Å². The Bertz CT molecular complexity index is 346. The second-order valence-electron chi connectivity index (χ2n) is 4.96. The van der Waals surface area contributed by atoms with E-state index in [9.17, 15) is 0 Å². The van der Waals surface area contributed by atoms with Crippen molar-refractivity contribution < 1.29 is 0 Å². The molecule has 0 spiro atoms. The molecule has 0 heterocycles. The number of benzene rings is 1. The van der Waals surface area contributed by atoms with Gasteiger partial charge in [-0.2, -0.15) is 11.8 Å². The van der Waals surface area contributed by atoms with Gasteiger partial charge in [0.15, 0.2) is 0 Å². The number of nitrogens with zero attached hydrogens (tertiary/aromatic N) is 1. The topological polar surface area (TPSA) is 3.24 Å². The van der Waals surface area contributed by atoms with Crippen LogP contribution in [0.25, 0.3) is 0 Å². The highest BCUT2D eigenvalue weighted by Crippen LogP contribution is 2.21. The number of thioether (sulfide) groups is 1. The maximum absolute atomic E-state index is 2.49. The van der Waals surface area contributed by atoms with Gasteiger partial charge < -0.3 is 4.90 Å². The average molecular weight is 265 g/mol. The molecular formula is C16H27NS. The van der Waals surface area contributed by atoms with Crippen molar-refractivity contribution in [3.63, 3.8) is 0 Å². The fourth-order valence-electron chi connectivity index (χ4n) is 2.35. The number of hydrogen-bond donors (Lipinski definition) is 0. The molecule has 0 aliphatic heterocycles. The number of aryl methyl sites for hydroxylation is 3. The first-order valence-corrected chi connectivity index (χ1v) is 8.10. The Morgan fingerprint density at radius 3 is 2.06 bits per heavy atom. The van der Waals surface area contributed by atoms with Gasteiger partial charge in [0.05, 0.1) is 0 Å². The average Bonchev–Trinajstić information content (AvgIpc) is 2.32. The Morgan fingerprint density at radius 1 is 1.00 bits per heavy atom. The summed E-state index contributed by atoms with van der Waals surface area (Å²) >= 11 is 2.06. The van der Waals surface area contributed by atoms with Gasteiger partial charge >= 0.3 is 0 Å². The summed E-state index contributed by atoms with van der Waals surface area (Å²) in [5.74, 6) is 2.38. The van der Waals surface area contributed by atoms with E-state index in [4.69, 9.17) is 0 Å². The van der Waals surface area contributed by atoms with Crippen molar-refractivity contribution in [3.05, 3.63) is 34.4 Å². The van der Waals surface area contributed by atoms with E-state index in [2.05, 4.69) is 63.4 Å². The SMILES string of the molecule is CCN(CC)CCSCc1c(C)cc(C)cc1C. The van der Waals surface area contributed by atoms with Crippen LogP contribution in [0, 0.1) is 20.8 Å². The van der Waals surface area contributed by atoms with Crippen molar-refractivity contribution in [1.29, 1.82) is 0 Å². The van der Waals surface area contributed by atoms with Crippen LogP contribution in [-0.2, 0) is 5.75 Å². The fourth-order valence-corrected chi connectivity index (χ4v) is 3.54. The molecule has 0 N–H and O–H groups in total. The predicted octanol–water partition coefficient (Wildman–Crippen LogP) is 4.19. The van der Waals surface area contributed by atoms with Crippen LogP contribution < -0.4 is 0 Å². The van der Waals surface area contributed by atoms with Crippen molar-refractivity contribution in [1.82, 2.24) is 4.90 Å². The molecule has 0 saturated carbocycles. The van der Waals surface area contributed by atoms with E-state index in [-0.39, 0.29) is 0 Å². The molecule has 0 fully saturated rings. The molecule has 0 aromatic heterocycles. The van der Waals surface area contributed by atoms with E-state index in [1.54, 1.807) is 0 Å². The summed E-state index contributed by atoms with van der Waals surface area (Å²) in [7, 11) is 0. The van der Waals surface area contributed by atoms with Crippen molar-refractivity contribution >= 4 is 11.8 Å². The molecular weight excluding hydrogens is 238 g/mol. The predicted molar refractivity (Wildman–Crippen MR) is 84.6 cm³/mol. The molecule has 1 nitrogen and oxygen atoms in total. The molecule has 1 aromatic rings. The quantitative estimate of drug-likeness (QED) is 0.680. The first kappa shape index (κ1) is 15.6. The summed E-state index contributed by atoms with van der Waals surface area (Å²) < 4.78 is 0. The van der Waals surface area contributed by atoms with Crippen LogP contribution in [-0.4, -0.2) is 30.3 Å². The zero-order valence-electron chi connectivity index (χ0n) is 12.5. The molecule has 0 bridgehead atoms. The minimum absolute atomic E-state index is 1.15. The highest BCUT2D eigenvalue weighted by atomic mass is 32.2. The summed E-state index contributed by atoms with van der Waals surface area (Å²) in [6.07, 6.45) is 0. The maximum Gasteiger partial charge on any atom is 0.0190 e. The van der Waals surface area contributed by atoms with Crippen LogP contribution in [0.3, 0.4) is 0 Å². The lowest BCUT2D eigenvalue weighted by atomic mass is 10.0. The van der Waals surface area contributed by atoms with E-state index in [0.717, 1.165) is 5.75 Å². The first-order valence-electron chi connectivity index (χ1n) is 6.95. The summed E-state index contributed by atoms with van der Waals surface area (Å²) in [4.78, 5) is 2.49. The zero-order chi connectivity index (χ0) is 13.5. The second-order valence-corrected chi connectivity index (χ2v) is 6.06. The minimum Gasteiger partial charge on any atom is -0.303 e. The van der Waals surface area contributed by atoms with Gasteiger partial charge in [-0.1, -0.05) is 31.5 Å². The Hall–Kier alpha value is -0.470. The molecule has 1 aromatic carbocycles. The van der Waals surface area contributed by atoms with E-state index >= 15 is 0 Å². The molecule has 0 unspecified atom stereocenters. The maximum atomic E-state index is 2.49. The molecule has 0 radical (unpaired) electrons. The molecule has 0 aliphatic carbocycles. The van der Waals surface area contributed by atoms with Crippen molar-refractivity contribution in [2.75, 3.05) is 25.4 Å². The molecule has 0 amide bonds. The largest absolute Gasteiger partial charge is 0.303 e. The standard InChI is InChI=1S/C16H27NS/c1-6-17(7-2)8-9-18-12-16-14(4)10-13(3)11-15(16)5/h10-11H,6-9,12H2,1-5H3. The zero-order valence-corrected chi connectivity index (χ0v) is 13.4. The van der Waals surface area contributed by atoms with Gasteiger partial charge in [0.25, 0.3) is 0 Å². The smallest absolute Gasteiger partial charge is 0.0190 e. The summed E-state index contributed by atoms with van der Waals surface area (Å²) in [5, 5.41) is 0. The summed E-state index contributed by atoms with van der Waals surface area (Å²) in [5.41, 5.74) is 5.80. The van der Waals surface area contributed by atoms with Crippen LogP contribution in [0.5, 0.6) is 0 Å². The van der Waals surface area contributed by atoms with Crippen LogP contribution in [0.2, 0.25) is 0 Å². The second kappa shape index (κ2) is 7.85. The monoisotopic (exact) mass is 265 g/mol. The Kier molecular flexibility index (Phi) is 6.80. The molecule has 1 rings (SSSR count). The lowest BCUT2D eigenvalue weighted by Crippen LogP contribution is -2.25. The highest BCUT2D eigenvalue weighted by Gasteiger charge is 2.04. The van der Waals surface area contributed by atoms with Crippen molar-refractivity contribution in [2.24, 2.45) is 0 Å². The Balaban J connectivity index is 2.44. The van der Waals surface area contributed by atoms with Crippen LogP contribution in [0.4, 0.5) is 0 Å². The molecule has 18 heavy (non-hydrogen) atoms. The third-order valence-electron chi connectivity index (χ3n) is 3.53. The fraction of sp³-hybridized carbons (Fsp3) is 0.625. The van der Waals surface area contributed by atoms with Crippen molar-refractivity contribution in [3.8, 4) is 0 Å². The van der Waals surface area contributed by atoms with E-state index < -0.39 is 0 Å². The lowest BCUT2D eigenvalue weighted by molar-refractivity contribution is 0.324. The van der Waals surface area contributed by atoms with Gasteiger partial charge in [0, 0.05) is 18.1 Å². The highest BCUT2D eigenvalue weighted by molar-refractivity contribution is 7.98. The molecule has 0 saturated heterocycles. The minimum atomic E-state index is 1.15. The van der Waals surface area contributed by atoms with Crippen LogP contribution in [0.15, 0.2) is 12.1 Å².